The number of nitro benzene ring substituents is 1. The fraction of sp³-hybridized carbons (Fsp3) is 0.551. The normalized spacial score (nSPS) is 21.6. The molecule has 6 fully saturated rings. The zero-order chi connectivity index (χ0) is 65.3. The van der Waals surface area contributed by atoms with Crippen LogP contribution in [-0.4, -0.2) is 182 Å². The third-order valence-corrected chi connectivity index (χ3v) is 23.1. The molecular weight excluding hydrogens is 1230 g/mol. The Morgan fingerprint density at radius 2 is 1.64 bits per heavy atom. The second-order valence-corrected chi connectivity index (χ2v) is 35.3. The van der Waals surface area contributed by atoms with E-state index in [2.05, 4.69) is 98.4 Å². The SMILES string of the molecule is COc1cc(CN2CCN(C3CC4(CCN(c5ccc(C(=O)NS(=O)(=O)c6ccc(NCC7CCOCC7)c([N+](=O)[O-])c6)c(N6c7cc8ccn(COCC[Si](C)(C)C)c8nc7O[C@H]7COCC[C@@H]76)c5)CC4)C3)[C@@H](c3ccccc3OC(C)C)C2)cnc1N1CCOCC1. The zero-order valence-electron chi connectivity index (χ0n) is 55.1. The number of nitrogens with one attached hydrogen (secondary N) is 2. The molecule has 1 saturated carbocycles. The fourth-order valence-corrected chi connectivity index (χ4v) is 16.6. The number of benzene rings is 3. The van der Waals surface area contributed by atoms with Crippen LogP contribution in [0.1, 0.15) is 86.3 Å². The van der Waals surface area contributed by atoms with Crippen molar-refractivity contribution in [2.24, 2.45) is 11.3 Å². The van der Waals surface area contributed by atoms with Gasteiger partial charge in [0.05, 0.1) is 66.2 Å². The standard InChI is InChI=1S/C69H91N11O12SSi/c1-47(2)91-62-10-8-7-9-54(62)61-44-74(43-49-35-63(86-3)66(71-42-49)76-26-31-88-32-27-76)24-25-78(61)52-39-69(40-52)19-22-75(23-20-69)51-11-13-55(67(81)73-93(84,85)53-12-14-56(59(38-53)80(82)83)70-41-48-16-28-87-29-17-48)58(37-51)79-57-18-30-89-45-64(57)92-68-60(79)36-50-15-21-77(65(50)72-68)46-90-33-34-94(4,5)6/h7-15,21,35-38,42,47-48,52,57,61,64,70H,16-20,22-34,39-41,43-46H2,1-6H3,(H,73,81)/t57-,61+,64-/m0/s1. The van der Waals surface area contributed by atoms with Crippen molar-refractivity contribution in [3.8, 4) is 17.4 Å². The Labute approximate surface area is 552 Å². The number of pyridine rings is 2. The molecule has 1 amide bonds. The molecule has 0 unspecified atom stereocenters. The Morgan fingerprint density at radius 3 is 2.40 bits per heavy atom. The maximum Gasteiger partial charge on any atom is 0.293 e. The Balaban J connectivity index is 0.766. The Morgan fingerprint density at radius 1 is 0.862 bits per heavy atom. The van der Waals surface area contributed by atoms with Gasteiger partial charge in [0.25, 0.3) is 21.6 Å². The third kappa shape index (κ3) is 14.4. The molecule has 1 aliphatic carbocycles. The summed E-state index contributed by atoms with van der Waals surface area (Å²) in [6, 6.07) is 25.3. The smallest absolute Gasteiger partial charge is 0.293 e. The van der Waals surface area contributed by atoms with Gasteiger partial charge in [-0.25, -0.2) is 18.1 Å². The lowest BCUT2D eigenvalue weighted by Crippen LogP contribution is -2.59. The molecule has 23 nitrogen and oxygen atoms in total. The minimum atomic E-state index is -4.66. The summed E-state index contributed by atoms with van der Waals surface area (Å²) in [4.78, 5) is 48.7. The molecule has 3 aromatic heterocycles. The van der Waals surface area contributed by atoms with Crippen LogP contribution in [0.5, 0.6) is 17.4 Å². The molecule has 5 saturated heterocycles. The average molecular weight is 1330 g/mol. The lowest BCUT2D eigenvalue weighted by atomic mass is 9.59. The van der Waals surface area contributed by atoms with Crippen molar-refractivity contribution in [3.63, 3.8) is 0 Å². The number of carbonyl (C=O) groups excluding carboxylic acids is 1. The van der Waals surface area contributed by atoms with Gasteiger partial charge in [0, 0.05) is 135 Å². The zero-order valence-corrected chi connectivity index (χ0v) is 57.0. The molecule has 13 rings (SSSR count). The van der Waals surface area contributed by atoms with Crippen LogP contribution in [-0.2, 0) is 42.2 Å². The van der Waals surface area contributed by atoms with E-state index in [0.717, 1.165) is 137 Å². The monoisotopic (exact) mass is 1330 g/mol. The Hall–Kier alpha value is -7.10. The number of nitrogens with zero attached hydrogens (tertiary/aromatic N) is 9. The van der Waals surface area contributed by atoms with Gasteiger partial charge < -0.3 is 57.7 Å². The quantitative estimate of drug-likeness (QED) is 0.0279. The van der Waals surface area contributed by atoms with Crippen LogP contribution in [0.3, 0.4) is 0 Å². The number of morpholine rings is 1. The number of para-hydroxylation sites is 1. The molecule has 6 aliphatic heterocycles. The number of anilines is 5. The number of hydrogen-bond donors (Lipinski definition) is 2. The highest BCUT2D eigenvalue weighted by Gasteiger charge is 2.51. The van der Waals surface area contributed by atoms with Crippen molar-refractivity contribution in [2.75, 3.05) is 126 Å². The van der Waals surface area contributed by atoms with Gasteiger partial charge in [-0.3, -0.25) is 24.7 Å². The average Bonchev–Trinajstić information content (AvgIpc) is 1.02. The second-order valence-electron chi connectivity index (χ2n) is 28.0. The minimum Gasteiger partial charge on any atom is -0.493 e. The van der Waals surface area contributed by atoms with Crippen LogP contribution in [0.2, 0.25) is 25.7 Å². The first-order valence-corrected chi connectivity index (χ1v) is 38.8. The van der Waals surface area contributed by atoms with Gasteiger partial charge in [0.15, 0.2) is 11.6 Å². The molecule has 1 spiro atoms. The molecule has 3 atom stereocenters. The van der Waals surface area contributed by atoms with E-state index in [1.54, 1.807) is 13.2 Å². The number of rotatable bonds is 22. The number of sulfonamides is 1. The number of ether oxygens (including phenoxy) is 7. The lowest BCUT2D eigenvalue weighted by molar-refractivity contribution is -0.384. The summed E-state index contributed by atoms with van der Waals surface area (Å²) in [5, 5.41) is 16.5. The summed E-state index contributed by atoms with van der Waals surface area (Å²) in [7, 11) is -4.27. The van der Waals surface area contributed by atoms with Gasteiger partial charge >= 0.3 is 0 Å². The van der Waals surface area contributed by atoms with E-state index in [1.807, 2.05) is 41.2 Å². The number of amides is 1. The number of fused-ring (bicyclic) bond motifs is 3. The number of nitro groups is 1. The molecule has 0 bridgehead atoms. The van der Waals surface area contributed by atoms with E-state index in [1.165, 1.54) is 17.7 Å². The highest BCUT2D eigenvalue weighted by molar-refractivity contribution is 7.90. The van der Waals surface area contributed by atoms with Crippen molar-refractivity contribution in [1.82, 2.24) is 29.1 Å². The van der Waals surface area contributed by atoms with Gasteiger partial charge in [-0.15, -0.1) is 0 Å². The molecule has 3 aromatic carbocycles. The molecule has 504 valence electrons. The van der Waals surface area contributed by atoms with E-state index < -0.39 is 45.6 Å². The number of piperazine rings is 1. The minimum absolute atomic E-state index is 0.0211. The first-order valence-electron chi connectivity index (χ1n) is 33.6. The molecule has 7 aliphatic rings. The topological polar surface area (TPSA) is 230 Å². The van der Waals surface area contributed by atoms with Crippen LogP contribution in [0.15, 0.2) is 96.2 Å². The van der Waals surface area contributed by atoms with E-state index >= 15 is 4.79 Å². The molecule has 6 aromatic rings. The summed E-state index contributed by atoms with van der Waals surface area (Å²) >= 11 is 0. The van der Waals surface area contributed by atoms with Crippen molar-refractivity contribution < 1.29 is 51.3 Å². The highest BCUT2D eigenvalue weighted by atomic mass is 32.2. The number of hydrogen-bond acceptors (Lipinski definition) is 20. The van der Waals surface area contributed by atoms with Crippen LogP contribution in [0.4, 0.5) is 34.3 Å². The fourth-order valence-electron chi connectivity index (χ4n) is 14.9. The van der Waals surface area contributed by atoms with Crippen molar-refractivity contribution >= 4 is 69.3 Å². The summed E-state index contributed by atoms with van der Waals surface area (Å²) < 4.78 is 75.8. The van der Waals surface area contributed by atoms with Crippen LogP contribution in [0.25, 0.3) is 11.0 Å². The summed E-state index contributed by atoms with van der Waals surface area (Å²) in [5.41, 5.74) is 5.06. The number of methoxy groups -OCH3 is 1. The maximum absolute atomic E-state index is 15.1. The van der Waals surface area contributed by atoms with Gasteiger partial charge in [-0.05, 0) is 136 Å². The lowest BCUT2D eigenvalue weighted by Gasteiger charge is -2.58. The number of piperidine rings is 1. The predicted molar refractivity (Wildman–Crippen MR) is 363 cm³/mol. The summed E-state index contributed by atoms with van der Waals surface area (Å²) in [6.45, 7) is 22.4. The second kappa shape index (κ2) is 27.9. The molecule has 94 heavy (non-hydrogen) atoms. The number of carbonyl (C=O) groups is 1. The van der Waals surface area contributed by atoms with Crippen molar-refractivity contribution in [2.45, 2.75) is 133 Å². The molecule has 9 heterocycles. The Kier molecular flexibility index (Phi) is 19.5. The van der Waals surface area contributed by atoms with Crippen LogP contribution < -0.4 is 38.9 Å². The molecule has 25 heteroatoms. The number of aromatic nitrogens is 3. The molecule has 0 radical (unpaired) electrons. The van der Waals surface area contributed by atoms with E-state index in [-0.39, 0.29) is 47.4 Å². The molecule has 2 N–H and O–H groups in total. The summed E-state index contributed by atoms with van der Waals surface area (Å²) in [6.07, 6.45) is 9.78. The van der Waals surface area contributed by atoms with Gasteiger partial charge in [0.1, 0.15) is 35.6 Å². The van der Waals surface area contributed by atoms with E-state index in [0.29, 0.717) is 88.3 Å². The van der Waals surface area contributed by atoms with Crippen LogP contribution in [0, 0.1) is 21.4 Å². The predicted octanol–water partition coefficient (Wildman–Crippen LogP) is 10.2. The van der Waals surface area contributed by atoms with E-state index in [4.69, 9.17) is 43.1 Å². The van der Waals surface area contributed by atoms with Gasteiger partial charge in [-0.2, -0.15) is 4.98 Å². The van der Waals surface area contributed by atoms with E-state index in [9.17, 15) is 18.5 Å². The van der Waals surface area contributed by atoms with Gasteiger partial charge in [-0.1, -0.05) is 37.8 Å². The largest absolute Gasteiger partial charge is 0.493 e. The van der Waals surface area contributed by atoms with Gasteiger partial charge in [0.2, 0.25) is 5.88 Å². The summed E-state index contributed by atoms with van der Waals surface area (Å²) in [5.74, 6) is 2.29. The molecular formula is C69H91N11O12SSi. The first kappa shape index (κ1) is 65.6. The van der Waals surface area contributed by atoms with Crippen LogP contribution >= 0.6 is 0 Å². The van der Waals surface area contributed by atoms with Crippen molar-refractivity contribution in [1.29, 1.82) is 0 Å². The third-order valence-electron chi connectivity index (χ3n) is 20.1. The highest BCUT2D eigenvalue weighted by Crippen LogP contribution is 2.54. The van der Waals surface area contributed by atoms with Crippen molar-refractivity contribution in [3.05, 3.63) is 118 Å². The first-order chi connectivity index (χ1) is 45.4. The maximum atomic E-state index is 15.1. The Bertz CT molecular complexity index is 3800.